The van der Waals surface area contributed by atoms with E-state index in [1.54, 1.807) is 0 Å². The molecule has 0 aromatic heterocycles. The Morgan fingerprint density at radius 1 is 1.25 bits per heavy atom. The zero-order valence-electron chi connectivity index (χ0n) is 10.6. The lowest BCUT2D eigenvalue weighted by Crippen LogP contribution is -2.43. The zero-order valence-corrected chi connectivity index (χ0v) is 10.6. The molecule has 0 saturated carbocycles. The number of piperidine rings is 1. The van der Waals surface area contributed by atoms with Gasteiger partial charge in [-0.05, 0) is 38.3 Å². The van der Waals surface area contributed by atoms with Gasteiger partial charge in [0.2, 0.25) is 0 Å². The fourth-order valence-corrected chi connectivity index (χ4v) is 2.73. The molecular formula is C13H26N2O. The molecule has 2 atom stereocenters. The maximum absolute atomic E-state index is 5.36. The van der Waals surface area contributed by atoms with Crippen LogP contribution in [0, 0.1) is 5.92 Å². The first-order valence-corrected chi connectivity index (χ1v) is 6.92. The average Bonchev–Trinajstić information content (AvgIpc) is 2.38. The van der Waals surface area contributed by atoms with E-state index in [2.05, 4.69) is 17.1 Å². The Bertz CT molecular complexity index is 184. The van der Waals surface area contributed by atoms with Gasteiger partial charge in [0.25, 0.3) is 0 Å². The largest absolute Gasteiger partial charge is 0.379 e. The minimum Gasteiger partial charge on any atom is -0.379 e. The van der Waals surface area contributed by atoms with Gasteiger partial charge in [-0.25, -0.2) is 0 Å². The van der Waals surface area contributed by atoms with Crippen molar-refractivity contribution in [2.24, 2.45) is 5.92 Å². The Morgan fingerprint density at radius 3 is 2.69 bits per heavy atom. The van der Waals surface area contributed by atoms with Crippen LogP contribution in [0.15, 0.2) is 0 Å². The third-order valence-electron chi connectivity index (χ3n) is 4.09. The van der Waals surface area contributed by atoms with Gasteiger partial charge in [-0.2, -0.15) is 0 Å². The highest BCUT2D eigenvalue weighted by Gasteiger charge is 2.20. The third kappa shape index (κ3) is 3.72. The third-order valence-corrected chi connectivity index (χ3v) is 4.09. The minimum absolute atomic E-state index is 0.769. The normalized spacial score (nSPS) is 32.8. The molecule has 2 heterocycles. The Hall–Kier alpha value is -0.120. The van der Waals surface area contributed by atoms with E-state index in [-0.39, 0.29) is 0 Å². The van der Waals surface area contributed by atoms with E-state index in [4.69, 9.17) is 4.74 Å². The smallest absolute Gasteiger partial charge is 0.0594 e. The van der Waals surface area contributed by atoms with Gasteiger partial charge in [-0.3, -0.25) is 4.90 Å². The number of nitrogens with one attached hydrogen (secondary N) is 1. The summed E-state index contributed by atoms with van der Waals surface area (Å²) >= 11 is 0. The van der Waals surface area contributed by atoms with Crippen LogP contribution in [-0.4, -0.2) is 50.3 Å². The van der Waals surface area contributed by atoms with Gasteiger partial charge in [-0.1, -0.05) is 13.3 Å². The van der Waals surface area contributed by atoms with E-state index in [1.807, 2.05) is 0 Å². The fraction of sp³-hybridized carbons (Fsp3) is 1.00. The van der Waals surface area contributed by atoms with Gasteiger partial charge >= 0.3 is 0 Å². The van der Waals surface area contributed by atoms with E-state index >= 15 is 0 Å². The van der Waals surface area contributed by atoms with Crippen LogP contribution < -0.4 is 5.32 Å². The highest BCUT2D eigenvalue weighted by atomic mass is 16.5. The molecule has 2 aliphatic rings. The van der Waals surface area contributed by atoms with Crippen molar-refractivity contribution >= 4 is 0 Å². The Kier molecular flexibility index (Phi) is 5.07. The quantitative estimate of drug-likeness (QED) is 0.786. The molecule has 0 spiro atoms. The zero-order chi connectivity index (χ0) is 11.2. The van der Waals surface area contributed by atoms with Crippen LogP contribution in [0.2, 0.25) is 0 Å². The van der Waals surface area contributed by atoms with E-state index in [9.17, 15) is 0 Å². The van der Waals surface area contributed by atoms with Crippen LogP contribution >= 0.6 is 0 Å². The standard InChI is InChI=1S/C13H26N2O/c1-2-12-3-4-13(14-11-12)5-6-15-7-9-16-10-8-15/h12-14H,2-11H2,1H3/t12-,13+/m1/s1. The molecule has 3 nitrogen and oxygen atoms in total. The molecule has 2 aliphatic heterocycles. The summed E-state index contributed by atoms with van der Waals surface area (Å²) in [5, 5.41) is 3.70. The topological polar surface area (TPSA) is 24.5 Å². The Balaban J connectivity index is 1.59. The van der Waals surface area contributed by atoms with Crippen LogP contribution in [0.3, 0.4) is 0 Å². The van der Waals surface area contributed by atoms with Crippen LogP contribution in [0.4, 0.5) is 0 Å². The monoisotopic (exact) mass is 226 g/mol. The van der Waals surface area contributed by atoms with Gasteiger partial charge in [0.15, 0.2) is 0 Å². The second-order valence-electron chi connectivity index (χ2n) is 5.20. The van der Waals surface area contributed by atoms with Crippen molar-refractivity contribution in [2.45, 2.75) is 38.6 Å². The Labute approximate surface area is 99.5 Å². The van der Waals surface area contributed by atoms with E-state index in [0.29, 0.717) is 0 Å². The van der Waals surface area contributed by atoms with Crippen LogP contribution in [0.1, 0.15) is 32.6 Å². The first-order valence-electron chi connectivity index (χ1n) is 6.92. The predicted molar refractivity (Wildman–Crippen MR) is 66.7 cm³/mol. The lowest BCUT2D eigenvalue weighted by Gasteiger charge is -2.32. The summed E-state index contributed by atoms with van der Waals surface area (Å²) in [5.74, 6) is 0.930. The molecule has 3 heteroatoms. The fourth-order valence-electron chi connectivity index (χ4n) is 2.73. The molecule has 16 heavy (non-hydrogen) atoms. The highest BCUT2D eigenvalue weighted by molar-refractivity contribution is 4.78. The molecule has 0 unspecified atom stereocenters. The van der Waals surface area contributed by atoms with Crippen LogP contribution in [-0.2, 0) is 4.74 Å². The van der Waals surface area contributed by atoms with Crippen molar-refractivity contribution in [1.29, 1.82) is 0 Å². The molecular weight excluding hydrogens is 200 g/mol. The van der Waals surface area contributed by atoms with Crippen molar-refractivity contribution in [2.75, 3.05) is 39.4 Å². The van der Waals surface area contributed by atoms with E-state index in [1.165, 1.54) is 38.8 Å². The van der Waals surface area contributed by atoms with Gasteiger partial charge in [0.1, 0.15) is 0 Å². The number of hydrogen-bond donors (Lipinski definition) is 1. The SMILES string of the molecule is CC[C@@H]1CC[C@@H](CCN2CCOCC2)NC1. The predicted octanol–water partition coefficient (Wildman–Crippen LogP) is 1.49. The summed E-state index contributed by atoms with van der Waals surface area (Å²) in [7, 11) is 0. The van der Waals surface area contributed by atoms with Crippen molar-refractivity contribution in [3.8, 4) is 0 Å². The molecule has 2 rings (SSSR count). The summed E-state index contributed by atoms with van der Waals surface area (Å²) in [6, 6.07) is 0.769. The summed E-state index contributed by atoms with van der Waals surface area (Å²) in [6.45, 7) is 8.91. The van der Waals surface area contributed by atoms with Gasteiger partial charge in [0.05, 0.1) is 13.2 Å². The highest BCUT2D eigenvalue weighted by Crippen LogP contribution is 2.18. The van der Waals surface area contributed by atoms with Crippen molar-refractivity contribution < 1.29 is 4.74 Å². The number of nitrogens with zero attached hydrogens (tertiary/aromatic N) is 1. The molecule has 2 saturated heterocycles. The molecule has 2 fully saturated rings. The number of morpholine rings is 1. The average molecular weight is 226 g/mol. The molecule has 0 amide bonds. The maximum Gasteiger partial charge on any atom is 0.0594 e. The number of ether oxygens (including phenoxy) is 1. The summed E-state index contributed by atoms with van der Waals surface area (Å²) in [5.41, 5.74) is 0. The van der Waals surface area contributed by atoms with Crippen molar-refractivity contribution in [1.82, 2.24) is 10.2 Å². The lowest BCUT2D eigenvalue weighted by atomic mass is 9.91. The second-order valence-corrected chi connectivity index (χ2v) is 5.20. The molecule has 94 valence electrons. The molecule has 0 aromatic carbocycles. The van der Waals surface area contributed by atoms with Crippen molar-refractivity contribution in [3.05, 3.63) is 0 Å². The molecule has 0 aromatic rings. The van der Waals surface area contributed by atoms with Crippen LogP contribution in [0.5, 0.6) is 0 Å². The minimum atomic E-state index is 0.769. The van der Waals surface area contributed by atoms with Gasteiger partial charge < -0.3 is 10.1 Å². The van der Waals surface area contributed by atoms with Gasteiger partial charge in [-0.15, -0.1) is 0 Å². The molecule has 1 N–H and O–H groups in total. The summed E-state index contributed by atoms with van der Waals surface area (Å²) in [6.07, 6.45) is 5.46. The Morgan fingerprint density at radius 2 is 2.06 bits per heavy atom. The van der Waals surface area contributed by atoms with Crippen molar-refractivity contribution in [3.63, 3.8) is 0 Å². The molecule has 0 aliphatic carbocycles. The number of rotatable bonds is 4. The molecule has 0 radical (unpaired) electrons. The lowest BCUT2D eigenvalue weighted by molar-refractivity contribution is 0.0355. The van der Waals surface area contributed by atoms with E-state index < -0.39 is 0 Å². The first-order chi connectivity index (χ1) is 7.88. The number of hydrogen-bond acceptors (Lipinski definition) is 3. The first kappa shape index (κ1) is 12.3. The maximum atomic E-state index is 5.36. The van der Waals surface area contributed by atoms with Crippen LogP contribution in [0.25, 0.3) is 0 Å². The second kappa shape index (κ2) is 6.58. The summed E-state index contributed by atoms with van der Waals surface area (Å²) < 4.78 is 5.36. The van der Waals surface area contributed by atoms with Gasteiger partial charge in [0, 0.05) is 19.1 Å². The molecule has 0 bridgehead atoms. The summed E-state index contributed by atoms with van der Waals surface area (Å²) in [4.78, 5) is 2.54. The van der Waals surface area contributed by atoms with E-state index in [0.717, 1.165) is 38.3 Å².